The van der Waals surface area contributed by atoms with E-state index in [0.29, 0.717) is 5.56 Å². The molecular weight excluding hydrogens is 225 g/mol. The van der Waals surface area contributed by atoms with E-state index in [0.717, 1.165) is 11.3 Å². The Bertz CT molecular complexity index is 470. The van der Waals surface area contributed by atoms with E-state index in [4.69, 9.17) is 0 Å². The van der Waals surface area contributed by atoms with Crippen molar-refractivity contribution in [1.82, 2.24) is 14.9 Å². The summed E-state index contributed by atoms with van der Waals surface area (Å²) in [4.78, 5) is 0. The molecule has 0 fully saturated rings. The highest BCUT2D eigenvalue weighted by Crippen LogP contribution is 2.22. The minimum Gasteiger partial charge on any atom is -0.308 e. The molecule has 1 atom stereocenters. The van der Waals surface area contributed by atoms with Crippen molar-refractivity contribution in [2.45, 2.75) is 13.0 Å². The van der Waals surface area contributed by atoms with Crippen LogP contribution in [0.3, 0.4) is 0 Å². The van der Waals surface area contributed by atoms with Gasteiger partial charge in [-0.1, -0.05) is 16.6 Å². The maximum Gasteiger partial charge on any atom is 0.126 e. The Labute approximate surface area is 97.5 Å². The average Bonchev–Trinajstić information content (AvgIpc) is 2.78. The van der Waals surface area contributed by atoms with Crippen LogP contribution in [0, 0.1) is 12.7 Å². The molecule has 0 saturated heterocycles. The van der Waals surface area contributed by atoms with Crippen LogP contribution < -0.4 is 5.32 Å². The van der Waals surface area contributed by atoms with Crippen molar-refractivity contribution in [2.24, 2.45) is 0 Å². The molecule has 1 N–H and O–H groups in total. The van der Waals surface area contributed by atoms with Gasteiger partial charge in [-0.15, -0.1) is 5.10 Å². The highest BCUT2D eigenvalue weighted by atomic mass is 32.1. The monoisotopic (exact) mass is 237 g/mol. The predicted octanol–water partition coefficient (Wildman–Crippen LogP) is 2.29. The Morgan fingerprint density at radius 2 is 2.25 bits per heavy atom. The van der Waals surface area contributed by atoms with E-state index in [2.05, 4.69) is 14.9 Å². The number of rotatable bonds is 3. The average molecular weight is 237 g/mol. The standard InChI is InChI=1S/C11H12FN3S/c1-7-5-8(3-4-9(7)12)11(13-2)10-6-16-15-14-10/h3-6,11,13H,1-2H3. The summed E-state index contributed by atoms with van der Waals surface area (Å²) in [6.07, 6.45) is 0. The number of benzene rings is 1. The van der Waals surface area contributed by atoms with Crippen molar-refractivity contribution in [3.63, 3.8) is 0 Å². The number of halogens is 1. The lowest BCUT2D eigenvalue weighted by atomic mass is 10.0. The second-order valence-electron chi connectivity index (χ2n) is 3.56. The van der Waals surface area contributed by atoms with Crippen LogP contribution in [0.4, 0.5) is 4.39 Å². The number of nitrogens with zero attached hydrogens (tertiary/aromatic N) is 2. The van der Waals surface area contributed by atoms with Gasteiger partial charge in [-0.3, -0.25) is 0 Å². The van der Waals surface area contributed by atoms with E-state index in [1.165, 1.54) is 17.6 Å². The van der Waals surface area contributed by atoms with Gasteiger partial charge in [0.05, 0.1) is 11.7 Å². The third-order valence-electron chi connectivity index (χ3n) is 2.48. The number of hydrogen-bond donors (Lipinski definition) is 1. The van der Waals surface area contributed by atoms with Crippen LogP contribution in [0.2, 0.25) is 0 Å². The molecule has 3 nitrogen and oxygen atoms in total. The summed E-state index contributed by atoms with van der Waals surface area (Å²) in [5.74, 6) is -0.185. The van der Waals surface area contributed by atoms with Crippen molar-refractivity contribution in [2.75, 3.05) is 7.05 Å². The number of nitrogens with one attached hydrogen (secondary N) is 1. The largest absolute Gasteiger partial charge is 0.308 e. The van der Waals surface area contributed by atoms with Crippen molar-refractivity contribution < 1.29 is 4.39 Å². The van der Waals surface area contributed by atoms with Crippen molar-refractivity contribution in [3.8, 4) is 0 Å². The van der Waals surface area contributed by atoms with Crippen molar-refractivity contribution in [3.05, 3.63) is 46.2 Å². The molecule has 0 bridgehead atoms. The van der Waals surface area contributed by atoms with Gasteiger partial charge >= 0.3 is 0 Å². The second kappa shape index (κ2) is 4.67. The molecule has 1 unspecified atom stereocenters. The summed E-state index contributed by atoms with van der Waals surface area (Å²) in [7, 11) is 1.85. The molecule has 2 aromatic rings. The van der Waals surface area contributed by atoms with E-state index in [-0.39, 0.29) is 11.9 Å². The minimum absolute atomic E-state index is 0.0296. The molecule has 2 rings (SSSR count). The van der Waals surface area contributed by atoms with Crippen LogP contribution in [0.1, 0.15) is 22.9 Å². The molecule has 0 aliphatic rings. The van der Waals surface area contributed by atoms with Crippen LogP contribution >= 0.6 is 11.5 Å². The summed E-state index contributed by atoms with van der Waals surface area (Å²) >= 11 is 1.31. The molecule has 0 spiro atoms. The van der Waals surface area contributed by atoms with Gasteiger partial charge in [0.25, 0.3) is 0 Å². The van der Waals surface area contributed by atoms with Gasteiger partial charge in [0, 0.05) is 5.38 Å². The molecule has 0 radical (unpaired) electrons. The molecule has 0 aliphatic carbocycles. The Balaban J connectivity index is 2.37. The molecule has 0 aliphatic heterocycles. The van der Waals surface area contributed by atoms with Gasteiger partial charge in [0.1, 0.15) is 5.82 Å². The van der Waals surface area contributed by atoms with Gasteiger partial charge in [-0.25, -0.2) is 4.39 Å². The molecule has 84 valence electrons. The quantitative estimate of drug-likeness (QED) is 0.890. The Kier molecular flexibility index (Phi) is 3.26. The number of hydrogen-bond acceptors (Lipinski definition) is 4. The summed E-state index contributed by atoms with van der Waals surface area (Å²) in [6.45, 7) is 1.75. The Morgan fingerprint density at radius 3 is 2.81 bits per heavy atom. The normalized spacial score (nSPS) is 12.7. The number of aromatic nitrogens is 2. The third kappa shape index (κ3) is 2.10. The summed E-state index contributed by atoms with van der Waals surface area (Å²) in [5, 5.41) is 9.07. The lowest BCUT2D eigenvalue weighted by Crippen LogP contribution is -2.18. The molecule has 1 heterocycles. The van der Waals surface area contributed by atoms with E-state index in [1.54, 1.807) is 13.0 Å². The fourth-order valence-electron chi connectivity index (χ4n) is 1.63. The minimum atomic E-state index is -0.185. The summed E-state index contributed by atoms with van der Waals surface area (Å²) in [5.41, 5.74) is 2.49. The highest BCUT2D eigenvalue weighted by molar-refractivity contribution is 7.03. The van der Waals surface area contributed by atoms with Gasteiger partial charge in [-0.05, 0) is 42.7 Å². The van der Waals surface area contributed by atoms with E-state index in [9.17, 15) is 4.39 Å². The van der Waals surface area contributed by atoms with Gasteiger partial charge in [-0.2, -0.15) is 0 Å². The SMILES string of the molecule is CNC(c1ccc(F)c(C)c1)c1csnn1. The van der Waals surface area contributed by atoms with Crippen LogP contribution in [0.5, 0.6) is 0 Å². The molecule has 1 aromatic heterocycles. The van der Waals surface area contributed by atoms with Gasteiger partial charge in [0.15, 0.2) is 0 Å². The van der Waals surface area contributed by atoms with Gasteiger partial charge in [0.2, 0.25) is 0 Å². The van der Waals surface area contributed by atoms with E-state index in [1.807, 2.05) is 18.5 Å². The first-order chi connectivity index (χ1) is 7.72. The lowest BCUT2D eigenvalue weighted by Gasteiger charge is -2.14. The van der Waals surface area contributed by atoms with Crippen molar-refractivity contribution in [1.29, 1.82) is 0 Å². The molecule has 1 aromatic carbocycles. The predicted molar refractivity (Wildman–Crippen MR) is 61.9 cm³/mol. The molecular formula is C11H12FN3S. The van der Waals surface area contributed by atoms with Gasteiger partial charge < -0.3 is 5.32 Å². The van der Waals surface area contributed by atoms with Crippen molar-refractivity contribution >= 4 is 11.5 Å². The first kappa shape index (κ1) is 11.2. The Morgan fingerprint density at radius 1 is 1.44 bits per heavy atom. The van der Waals surface area contributed by atoms with Crippen LogP contribution in [0.25, 0.3) is 0 Å². The fourth-order valence-corrected chi connectivity index (χ4v) is 2.11. The van der Waals surface area contributed by atoms with E-state index >= 15 is 0 Å². The van der Waals surface area contributed by atoms with E-state index < -0.39 is 0 Å². The zero-order chi connectivity index (χ0) is 11.5. The first-order valence-electron chi connectivity index (χ1n) is 4.92. The third-order valence-corrected chi connectivity index (χ3v) is 3.00. The fraction of sp³-hybridized carbons (Fsp3) is 0.273. The Hall–Kier alpha value is -1.33. The smallest absolute Gasteiger partial charge is 0.126 e. The molecule has 16 heavy (non-hydrogen) atoms. The number of aryl methyl sites for hydroxylation is 1. The van der Waals surface area contributed by atoms with Crippen LogP contribution in [-0.2, 0) is 0 Å². The van der Waals surface area contributed by atoms with Crippen LogP contribution in [-0.4, -0.2) is 16.6 Å². The maximum absolute atomic E-state index is 13.2. The zero-order valence-corrected chi connectivity index (χ0v) is 9.88. The summed E-state index contributed by atoms with van der Waals surface area (Å²) in [6, 6.07) is 5.05. The first-order valence-corrected chi connectivity index (χ1v) is 5.76. The van der Waals surface area contributed by atoms with Crippen LogP contribution in [0.15, 0.2) is 23.6 Å². The lowest BCUT2D eigenvalue weighted by molar-refractivity contribution is 0.612. The molecule has 0 amide bonds. The zero-order valence-electron chi connectivity index (χ0n) is 9.07. The molecule has 5 heteroatoms. The topological polar surface area (TPSA) is 37.8 Å². The second-order valence-corrected chi connectivity index (χ2v) is 4.17. The maximum atomic E-state index is 13.2. The summed E-state index contributed by atoms with van der Waals surface area (Å²) < 4.78 is 17.0. The highest BCUT2D eigenvalue weighted by Gasteiger charge is 2.15. The molecule has 0 saturated carbocycles.